The van der Waals surface area contributed by atoms with E-state index in [0.29, 0.717) is 16.7 Å². The molecule has 4 aromatic rings. The van der Waals surface area contributed by atoms with Crippen LogP contribution in [0.4, 0.5) is 22.7 Å². The maximum absolute atomic E-state index is 11.7. The highest BCUT2D eigenvalue weighted by atomic mass is 32.2. The molecule has 0 atom stereocenters. The maximum Gasteiger partial charge on any atom is 0.271 e. The lowest BCUT2D eigenvalue weighted by atomic mass is 10.1. The molecule has 3 aromatic carbocycles. The summed E-state index contributed by atoms with van der Waals surface area (Å²) in [5.74, 6) is -0.00582. The first kappa shape index (κ1) is 19.6. The fraction of sp³-hybridized carbons (Fsp3) is 0.0952. The minimum Gasteiger partial charge on any atom is -0.354 e. The van der Waals surface area contributed by atoms with Gasteiger partial charge in [0, 0.05) is 34.3 Å². The summed E-state index contributed by atoms with van der Waals surface area (Å²) in [7, 11) is -3.35. The van der Waals surface area contributed by atoms with E-state index in [4.69, 9.17) is 0 Å². The van der Waals surface area contributed by atoms with Crippen LogP contribution in [0.3, 0.4) is 0 Å². The fourth-order valence-corrected chi connectivity index (χ4v) is 3.79. The normalized spacial score (nSPS) is 11.5. The van der Waals surface area contributed by atoms with Crippen LogP contribution < -0.4 is 10.0 Å². The van der Waals surface area contributed by atoms with E-state index in [2.05, 4.69) is 15.0 Å². The first-order valence-corrected chi connectivity index (χ1v) is 10.9. The van der Waals surface area contributed by atoms with Crippen molar-refractivity contribution in [2.75, 3.05) is 15.8 Å². The number of anilines is 3. The lowest BCUT2D eigenvalue weighted by Crippen LogP contribution is -2.14. The van der Waals surface area contributed by atoms with Gasteiger partial charge in [0.05, 0.1) is 27.4 Å². The number of hydrogen-bond acceptors (Lipinski definition) is 6. The Kier molecular flexibility index (Phi) is 4.96. The second-order valence-electron chi connectivity index (χ2n) is 6.67. The number of benzene rings is 3. The summed E-state index contributed by atoms with van der Waals surface area (Å²) >= 11 is 0. The van der Waals surface area contributed by atoms with Gasteiger partial charge in [0.15, 0.2) is 0 Å². The van der Waals surface area contributed by atoms with Crippen LogP contribution in [0.15, 0.2) is 66.7 Å². The molecule has 152 valence electrons. The molecule has 0 saturated carbocycles. The van der Waals surface area contributed by atoms with Gasteiger partial charge in [-0.15, -0.1) is 0 Å². The molecule has 0 amide bonds. The Morgan fingerprint density at radius 3 is 2.30 bits per heavy atom. The minimum atomic E-state index is -3.35. The van der Waals surface area contributed by atoms with E-state index in [1.165, 1.54) is 12.1 Å². The smallest absolute Gasteiger partial charge is 0.271 e. The number of nitrogens with one attached hydrogen (secondary N) is 2. The van der Waals surface area contributed by atoms with Gasteiger partial charge in [-0.1, -0.05) is 18.2 Å². The van der Waals surface area contributed by atoms with Crippen molar-refractivity contribution in [3.63, 3.8) is 0 Å². The van der Waals surface area contributed by atoms with Crippen LogP contribution in [-0.4, -0.2) is 24.1 Å². The molecule has 8 nitrogen and oxygen atoms in total. The third kappa shape index (κ3) is 3.87. The van der Waals surface area contributed by atoms with Crippen LogP contribution in [0.2, 0.25) is 0 Å². The lowest BCUT2D eigenvalue weighted by molar-refractivity contribution is -0.384. The second-order valence-corrected chi connectivity index (χ2v) is 8.68. The Morgan fingerprint density at radius 1 is 0.933 bits per heavy atom. The highest BCUT2D eigenvalue weighted by molar-refractivity contribution is 7.92. The number of sulfonamides is 1. The monoisotopic (exact) mass is 422 g/mol. The molecule has 0 saturated heterocycles. The number of nitro benzene ring substituents is 1. The number of nitrogens with zero attached hydrogens (tertiary/aromatic N) is 2. The van der Waals surface area contributed by atoms with Gasteiger partial charge in [0.25, 0.3) is 5.69 Å². The van der Waals surface area contributed by atoms with E-state index in [-0.39, 0.29) is 11.4 Å². The van der Waals surface area contributed by atoms with Crippen LogP contribution in [0, 0.1) is 10.1 Å². The summed E-state index contributed by atoms with van der Waals surface area (Å²) in [4.78, 5) is 15.3. The number of para-hydroxylation sites is 1. The van der Waals surface area contributed by atoms with E-state index < -0.39 is 14.9 Å². The molecule has 0 aliphatic rings. The van der Waals surface area contributed by atoms with E-state index >= 15 is 0 Å². The molecule has 0 radical (unpaired) electrons. The van der Waals surface area contributed by atoms with E-state index in [1.807, 2.05) is 24.3 Å². The highest BCUT2D eigenvalue weighted by Crippen LogP contribution is 2.34. The number of aromatic nitrogens is 1. The molecule has 0 aliphatic heterocycles. The Bertz CT molecular complexity index is 1370. The second kappa shape index (κ2) is 7.60. The fourth-order valence-electron chi connectivity index (χ4n) is 3.15. The summed E-state index contributed by atoms with van der Waals surface area (Å²) in [5.41, 5.74) is 3.18. The molecule has 0 fully saturated rings. The molecule has 0 bridgehead atoms. The molecule has 0 aliphatic carbocycles. The maximum atomic E-state index is 11.7. The first-order chi connectivity index (χ1) is 14.4. The molecule has 0 spiro atoms. The van der Waals surface area contributed by atoms with Crippen molar-refractivity contribution in [2.24, 2.45) is 0 Å². The largest absolute Gasteiger partial charge is 0.354 e. The SMILES string of the molecule is CCS(=O)(=O)Nc1ccc(Nc2c3ccccc3nc3cc([N+](=O)[O-])ccc23)cc1. The van der Waals surface area contributed by atoms with Gasteiger partial charge in [-0.3, -0.25) is 14.8 Å². The Hall–Kier alpha value is -3.72. The van der Waals surface area contributed by atoms with Crippen LogP contribution in [0.25, 0.3) is 21.8 Å². The number of pyridine rings is 1. The zero-order chi connectivity index (χ0) is 21.3. The minimum absolute atomic E-state index is 0.00582. The zero-order valence-electron chi connectivity index (χ0n) is 16.0. The summed E-state index contributed by atoms with van der Waals surface area (Å²) in [6.07, 6.45) is 0. The molecular formula is C21H18N4O4S. The molecule has 0 unspecified atom stereocenters. The third-order valence-electron chi connectivity index (χ3n) is 4.68. The van der Waals surface area contributed by atoms with Crippen LogP contribution in [0.1, 0.15) is 6.92 Å². The summed E-state index contributed by atoms with van der Waals surface area (Å²) < 4.78 is 26.0. The number of nitro groups is 1. The summed E-state index contributed by atoms with van der Waals surface area (Å²) in [5, 5.41) is 16.1. The Labute approximate surface area is 172 Å². The topological polar surface area (TPSA) is 114 Å². The molecule has 4 rings (SSSR count). The quantitative estimate of drug-likeness (QED) is 0.262. The van der Waals surface area contributed by atoms with Gasteiger partial charge in [-0.2, -0.15) is 0 Å². The summed E-state index contributed by atoms with van der Waals surface area (Å²) in [6, 6.07) is 19.0. The van der Waals surface area contributed by atoms with Crippen molar-refractivity contribution in [2.45, 2.75) is 6.92 Å². The van der Waals surface area contributed by atoms with Gasteiger partial charge < -0.3 is 5.32 Å². The van der Waals surface area contributed by atoms with Crippen LogP contribution in [-0.2, 0) is 10.0 Å². The predicted molar refractivity (Wildman–Crippen MR) is 119 cm³/mol. The zero-order valence-corrected chi connectivity index (χ0v) is 16.8. The lowest BCUT2D eigenvalue weighted by Gasteiger charge is -2.14. The Balaban J connectivity index is 1.78. The van der Waals surface area contributed by atoms with Gasteiger partial charge >= 0.3 is 0 Å². The van der Waals surface area contributed by atoms with E-state index in [9.17, 15) is 18.5 Å². The third-order valence-corrected chi connectivity index (χ3v) is 5.99. The van der Waals surface area contributed by atoms with Crippen molar-refractivity contribution in [3.8, 4) is 0 Å². The van der Waals surface area contributed by atoms with E-state index in [0.717, 1.165) is 22.1 Å². The van der Waals surface area contributed by atoms with Crippen molar-refractivity contribution < 1.29 is 13.3 Å². The molecule has 1 heterocycles. The number of rotatable bonds is 6. The van der Waals surface area contributed by atoms with Gasteiger partial charge in [0.2, 0.25) is 10.0 Å². The average Bonchev–Trinajstić information content (AvgIpc) is 2.74. The molecule has 30 heavy (non-hydrogen) atoms. The van der Waals surface area contributed by atoms with Crippen molar-refractivity contribution in [1.82, 2.24) is 4.98 Å². The number of hydrogen-bond donors (Lipinski definition) is 2. The molecule has 9 heteroatoms. The van der Waals surface area contributed by atoms with Crippen molar-refractivity contribution in [3.05, 3.63) is 76.8 Å². The average molecular weight is 422 g/mol. The summed E-state index contributed by atoms with van der Waals surface area (Å²) in [6.45, 7) is 1.57. The van der Waals surface area contributed by atoms with Gasteiger partial charge in [-0.05, 0) is 43.3 Å². The van der Waals surface area contributed by atoms with Crippen LogP contribution in [0.5, 0.6) is 0 Å². The highest BCUT2D eigenvalue weighted by Gasteiger charge is 2.14. The standard InChI is InChI=1S/C21H18N4O4S/c1-2-30(28,29)24-15-9-7-14(8-10-15)22-21-17-5-3-4-6-19(17)23-20-13-16(25(26)27)11-12-18(20)21/h3-13,24H,2H2,1H3,(H,22,23). The molecule has 1 aromatic heterocycles. The van der Waals surface area contributed by atoms with Gasteiger partial charge in [0.1, 0.15) is 0 Å². The number of non-ortho nitro benzene ring substituents is 1. The predicted octanol–water partition coefficient (Wildman–Crippen LogP) is 4.80. The first-order valence-electron chi connectivity index (χ1n) is 9.21. The Morgan fingerprint density at radius 2 is 1.60 bits per heavy atom. The van der Waals surface area contributed by atoms with E-state index in [1.54, 1.807) is 37.3 Å². The molecular weight excluding hydrogens is 404 g/mol. The van der Waals surface area contributed by atoms with Crippen LogP contribution >= 0.6 is 0 Å². The van der Waals surface area contributed by atoms with Gasteiger partial charge in [-0.25, -0.2) is 13.4 Å². The van der Waals surface area contributed by atoms with Crippen molar-refractivity contribution in [1.29, 1.82) is 0 Å². The molecule has 2 N–H and O–H groups in total. The van der Waals surface area contributed by atoms with Crippen molar-refractivity contribution >= 4 is 54.6 Å². The number of fused-ring (bicyclic) bond motifs is 2.